The molecule has 0 radical (unpaired) electrons. The minimum Gasteiger partial charge on any atom is -0.486 e. The molecule has 2 N–H and O–H groups in total. The van der Waals surface area contributed by atoms with E-state index in [0.29, 0.717) is 10.6 Å². The molecule has 0 aliphatic rings. The molecule has 6 heteroatoms. The van der Waals surface area contributed by atoms with Gasteiger partial charge in [0.05, 0.1) is 5.56 Å². The topological polar surface area (TPSA) is 52.3 Å². The van der Waals surface area contributed by atoms with Gasteiger partial charge in [-0.1, -0.05) is 29.8 Å². The Morgan fingerprint density at radius 3 is 2.50 bits per heavy atom. The molecule has 3 nitrogen and oxygen atoms in total. The molecule has 0 heterocycles. The largest absolute Gasteiger partial charge is 0.486 e. The van der Waals surface area contributed by atoms with Gasteiger partial charge in [-0.15, -0.1) is 0 Å². The third-order valence-corrected chi connectivity index (χ3v) is 3.02. The van der Waals surface area contributed by atoms with Gasteiger partial charge < -0.3 is 10.5 Å². The van der Waals surface area contributed by atoms with Crippen LogP contribution in [-0.2, 0) is 6.61 Å². The standard InChI is InChI=1S/C14H10ClF2NO2/c15-10-4-2-1-3-8(10)7-20-11-6-5-9(14(18)19)12(16)13(11)17/h1-6H,7H2,(H2,18,19). The van der Waals surface area contributed by atoms with E-state index in [1.54, 1.807) is 24.3 Å². The highest BCUT2D eigenvalue weighted by atomic mass is 35.5. The summed E-state index contributed by atoms with van der Waals surface area (Å²) >= 11 is 5.92. The summed E-state index contributed by atoms with van der Waals surface area (Å²) in [6, 6.07) is 9.07. The van der Waals surface area contributed by atoms with Crippen LogP contribution < -0.4 is 10.5 Å². The maximum atomic E-state index is 13.7. The van der Waals surface area contributed by atoms with Crippen molar-refractivity contribution in [2.75, 3.05) is 0 Å². The lowest BCUT2D eigenvalue weighted by atomic mass is 10.2. The van der Waals surface area contributed by atoms with Crippen LogP contribution in [0.1, 0.15) is 15.9 Å². The van der Waals surface area contributed by atoms with Crippen molar-refractivity contribution in [3.05, 3.63) is 64.2 Å². The Balaban J connectivity index is 2.21. The minimum atomic E-state index is -1.32. The van der Waals surface area contributed by atoms with Gasteiger partial charge in [-0.25, -0.2) is 4.39 Å². The third-order valence-electron chi connectivity index (χ3n) is 2.65. The van der Waals surface area contributed by atoms with Crippen molar-refractivity contribution < 1.29 is 18.3 Å². The average Bonchev–Trinajstić information content (AvgIpc) is 2.41. The van der Waals surface area contributed by atoms with E-state index in [9.17, 15) is 13.6 Å². The van der Waals surface area contributed by atoms with E-state index in [1.165, 1.54) is 0 Å². The summed E-state index contributed by atoms with van der Waals surface area (Å²) < 4.78 is 32.4. The van der Waals surface area contributed by atoms with Crippen LogP contribution in [0.4, 0.5) is 8.78 Å². The van der Waals surface area contributed by atoms with Crippen molar-refractivity contribution in [2.24, 2.45) is 5.73 Å². The predicted octanol–water partition coefficient (Wildman–Crippen LogP) is 3.30. The van der Waals surface area contributed by atoms with Gasteiger partial charge in [0.15, 0.2) is 11.6 Å². The zero-order valence-corrected chi connectivity index (χ0v) is 11.0. The number of nitrogens with two attached hydrogens (primary N) is 1. The number of amides is 1. The number of rotatable bonds is 4. The molecule has 0 saturated heterocycles. The van der Waals surface area contributed by atoms with Gasteiger partial charge in [-0.3, -0.25) is 4.79 Å². The molecule has 104 valence electrons. The van der Waals surface area contributed by atoms with Crippen molar-refractivity contribution in [3.8, 4) is 5.75 Å². The summed E-state index contributed by atoms with van der Waals surface area (Å²) in [5.41, 5.74) is 5.03. The first kappa shape index (κ1) is 14.3. The summed E-state index contributed by atoms with van der Waals surface area (Å²) in [7, 11) is 0. The average molecular weight is 298 g/mol. The highest BCUT2D eigenvalue weighted by Crippen LogP contribution is 2.24. The number of halogens is 3. The van der Waals surface area contributed by atoms with Crippen LogP contribution in [0.15, 0.2) is 36.4 Å². The highest BCUT2D eigenvalue weighted by molar-refractivity contribution is 6.31. The van der Waals surface area contributed by atoms with Crippen LogP contribution in [0.25, 0.3) is 0 Å². The Bertz CT molecular complexity index is 662. The second-order valence-corrected chi connectivity index (χ2v) is 4.39. The molecule has 2 aromatic carbocycles. The van der Waals surface area contributed by atoms with Gasteiger partial charge in [0.25, 0.3) is 5.91 Å². The zero-order chi connectivity index (χ0) is 14.7. The highest BCUT2D eigenvalue weighted by Gasteiger charge is 2.17. The summed E-state index contributed by atoms with van der Waals surface area (Å²) in [6.45, 7) is -0.0219. The molecule has 2 aromatic rings. The normalized spacial score (nSPS) is 10.3. The molecule has 0 bridgehead atoms. The molecule has 0 spiro atoms. The molecule has 1 amide bonds. The fraction of sp³-hybridized carbons (Fsp3) is 0.0714. The molecular formula is C14H10ClF2NO2. The van der Waals surface area contributed by atoms with Crippen LogP contribution in [0, 0.1) is 11.6 Å². The quantitative estimate of drug-likeness (QED) is 0.941. The Labute approximate surface area is 118 Å². The number of hydrogen-bond donors (Lipinski definition) is 1. The van der Waals surface area contributed by atoms with E-state index in [1.807, 2.05) is 0 Å². The maximum absolute atomic E-state index is 13.7. The SMILES string of the molecule is NC(=O)c1ccc(OCc2ccccc2Cl)c(F)c1F. The van der Waals surface area contributed by atoms with Crippen LogP contribution in [0.5, 0.6) is 5.75 Å². The van der Waals surface area contributed by atoms with Gasteiger partial charge in [-0.2, -0.15) is 4.39 Å². The molecule has 0 aliphatic carbocycles. The lowest BCUT2D eigenvalue weighted by molar-refractivity contribution is 0.0995. The zero-order valence-electron chi connectivity index (χ0n) is 10.2. The molecule has 2 rings (SSSR count). The van der Waals surface area contributed by atoms with Crippen LogP contribution >= 0.6 is 11.6 Å². The minimum absolute atomic E-state index is 0.0219. The van der Waals surface area contributed by atoms with E-state index >= 15 is 0 Å². The van der Waals surface area contributed by atoms with Gasteiger partial charge in [0.1, 0.15) is 6.61 Å². The molecule has 0 atom stereocenters. The van der Waals surface area contributed by atoms with E-state index < -0.39 is 23.1 Å². The summed E-state index contributed by atoms with van der Waals surface area (Å²) in [6.07, 6.45) is 0. The van der Waals surface area contributed by atoms with Crippen molar-refractivity contribution in [3.63, 3.8) is 0 Å². The Morgan fingerprint density at radius 1 is 1.15 bits per heavy atom. The second kappa shape index (κ2) is 5.88. The van der Waals surface area contributed by atoms with Crippen molar-refractivity contribution >= 4 is 17.5 Å². The predicted molar refractivity (Wildman–Crippen MR) is 70.7 cm³/mol. The van der Waals surface area contributed by atoms with Gasteiger partial charge >= 0.3 is 0 Å². The smallest absolute Gasteiger partial charge is 0.251 e. The fourth-order valence-electron chi connectivity index (χ4n) is 1.60. The Morgan fingerprint density at radius 2 is 1.85 bits per heavy atom. The summed E-state index contributed by atoms with van der Waals surface area (Å²) in [5.74, 6) is -3.94. The lowest BCUT2D eigenvalue weighted by Crippen LogP contribution is -2.14. The number of carbonyl (C=O) groups is 1. The number of ether oxygens (including phenoxy) is 1. The van der Waals surface area contributed by atoms with Gasteiger partial charge in [-0.05, 0) is 18.2 Å². The molecule has 0 aliphatic heterocycles. The Hall–Kier alpha value is -2.14. The summed E-state index contributed by atoms with van der Waals surface area (Å²) in [4.78, 5) is 10.9. The van der Waals surface area contributed by atoms with Crippen molar-refractivity contribution in [1.82, 2.24) is 0 Å². The number of carbonyl (C=O) groups excluding carboxylic acids is 1. The first-order valence-electron chi connectivity index (χ1n) is 5.64. The molecule has 0 aromatic heterocycles. The third kappa shape index (κ3) is 2.88. The Kier molecular flexibility index (Phi) is 4.20. The molecule has 0 fully saturated rings. The summed E-state index contributed by atoms with van der Waals surface area (Å²) in [5, 5.41) is 0.460. The van der Waals surface area contributed by atoms with E-state index in [4.69, 9.17) is 22.1 Å². The van der Waals surface area contributed by atoms with Crippen LogP contribution in [0.3, 0.4) is 0 Å². The fourth-order valence-corrected chi connectivity index (χ4v) is 1.79. The monoisotopic (exact) mass is 297 g/mol. The van der Waals surface area contributed by atoms with Crippen molar-refractivity contribution in [2.45, 2.75) is 6.61 Å². The van der Waals surface area contributed by atoms with E-state index in [0.717, 1.165) is 12.1 Å². The van der Waals surface area contributed by atoms with Crippen molar-refractivity contribution in [1.29, 1.82) is 0 Å². The first-order valence-corrected chi connectivity index (χ1v) is 6.02. The maximum Gasteiger partial charge on any atom is 0.251 e. The molecule has 0 saturated carbocycles. The number of benzene rings is 2. The second-order valence-electron chi connectivity index (χ2n) is 3.98. The van der Waals surface area contributed by atoms with Crippen LogP contribution in [0.2, 0.25) is 5.02 Å². The van der Waals surface area contributed by atoms with Gasteiger partial charge in [0, 0.05) is 10.6 Å². The molecular weight excluding hydrogens is 288 g/mol. The van der Waals surface area contributed by atoms with E-state index in [2.05, 4.69) is 0 Å². The van der Waals surface area contributed by atoms with Crippen LogP contribution in [-0.4, -0.2) is 5.91 Å². The van der Waals surface area contributed by atoms with E-state index in [-0.39, 0.29) is 12.4 Å². The van der Waals surface area contributed by atoms with Gasteiger partial charge in [0.2, 0.25) is 5.82 Å². The molecule has 20 heavy (non-hydrogen) atoms. The first-order chi connectivity index (χ1) is 9.50. The number of primary amides is 1. The molecule has 0 unspecified atom stereocenters. The number of hydrogen-bond acceptors (Lipinski definition) is 2. The lowest BCUT2D eigenvalue weighted by Gasteiger charge is -2.10.